The smallest absolute Gasteiger partial charge is 0.303 e. The number of benzene rings is 1. The summed E-state index contributed by atoms with van der Waals surface area (Å²) in [6, 6.07) is 0. The van der Waals surface area contributed by atoms with E-state index >= 15 is 0 Å². The topological polar surface area (TPSA) is 198 Å². The lowest BCUT2D eigenvalue weighted by Gasteiger charge is -2.44. The third kappa shape index (κ3) is 6.39. The lowest BCUT2D eigenvalue weighted by Crippen LogP contribution is -2.63. The molecular formula is C25H24Cl2O14. The molecule has 1 aromatic carbocycles. The first kappa shape index (κ1) is 31.6. The summed E-state index contributed by atoms with van der Waals surface area (Å²) in [7, 11) is 0. The molecule has 0 spiro atoms. The normalized spacial score (nSPS) is 23.8. The number of hydrogen-bond donors (Lipinski definition) is 2. The van der Waals surface area contributed by atoms with Crippen molar-refractivity contribution < 1.29 is 67.4 Å². The Balaban J connectivity index is 2.14. The minimum absolute atomic E-state index is 0.386. The number of halogens is 2. The number of phenolic OH excluding ortho intramolecular Hbond substituents is 2. The van der Waals surface area contributed by atoms with Crippen molar-refractivity contribution in [2.75, 3.05) is 6.61 Å². The maximum Gasteiger partial charge on any atom is 0.303 e. The van der Waals surface area contributed by atoms with E-state index in [4.69, 9.17) is 51.6 Å². The van der Waals surface area contributed by atoms with Crippen LogP contribution in [0.15, 0.2) is 11.3 Å². The first-order valence-corrected chi connectivity index (χ1v) is 12.5. The summed E-state index contributed by atoms with van der Waals surface area (Å²) in [6.07, 6.45) is -8.08. The molecule has 0 amide bonds. The standard InChI is InChI=1S/C25H24Cl2O14/c1-7-17(32)13-14(19(34)16(27)15(26)18(13)33)20(35)21(7)41-25-24(39-11(5)31)23(38-10(4)30)22(37-9(3)29)12(40-25)6-36-8(2)28/h12,22-25,33-34H,6H2,1-5H3/t12-,22-,23+,24-,25+/m0/s1. The number of hydrogen-bond acceptors (Lipinski definition) is 14. The van der Waals surface area contributed by atoms with Gasteiger partial charge in [0.1, 0.15) is 34.3 Å². The zero-order valence-electron chi connectivity index (χ0n) is 22.1. The summed E-state index contributed by atoms with van der Waals surface area (Å²) >= 11 is 11.8. The molecule has 1 aliphatic carbocycles. The van der Waals surface area contributed by atoms with Gasteiger partial charge in [0, 0.05) is 33.3 Å². The fourth-order valence-electron chi connectivity index (χ4n) is 4.22. The van der Waals surface area contributed by atoms with E-state index in [9.17, 15) is 39.0 Å². The van der Waals surface area contributed by atoms with Crippen molar-refractivity contribution in [3.8, 4) is 11.5 Å². The van der Waals surface area contributed by atoms with E-state index in [0.717, 1.165) is 34.6 Å². The molecule has 1 fully saturated rings. The molecule has 1 aliphatic heterocycles. The van der Waals surface area contributed by atoms with Crippen LogP contribution in [-0.2, 0) is 47.6 Å². The van der Waals surface area contributed by atoms with Crippen molar-refractivity contribution in [3.05, 3.63) is 32.5 Å². The highest BCUT2D eigenvalue weighted by molar-refractivity contribution is 6.45. The summed E-state index contributed by atoms with van der Waals surface area (Å²) in [4.78, 5) is 74.1. The number of fused-ring (bicyclic) bond motifs is 1. The number of aromatic hydroxyl groups is 2. The van der Waals surface area contributed by atoms with E-state index in [2.05, 4.69) is 0 Å². The molecule has 222 valence electrons. The highest BCUT2D eigenvalue weighted by Gasteiger charge is 2.54. The Hall–Kier alpha value is -3.88. The van der Waals surface area contributed by atoms with Crippen molar-refractivity contribution in [1.82, 2.24) is 0 Å². The highest BCUT2D eigenvalue weighted by Crippen LogP contribution is 2.47. The van der Waals surface area contributed by atoms with Crippen LogP contribution in [0.3, 0.4) is 0 Å². The Morgan fingerprint density at radius 1 is 0.756 bits per heavy atom. The van der Waals surface area contributed by atoms with Gasteiger partial charge in [-0.1, -0.05) is 23.2 Å². The van der Waals surface area contributed by atoms with Gasteiger partial charge >= 0.3 is 23.9 Å². The Labute approximate surface area is 242 Å². The molecule has 14 nitrogen and oxygen atoms in total. The van der Waals surface area contributed by atoms with E-state index < -0.39 is 111 Å². The molecule has 0 aromatic heterocycles. The van der Waals surface area contributed by atoms with Crippen molar-refractivity contribution in [2.24, 2.45) is 0 Å². The van der Waals surface area contributed by atoms with Crippen LogP contribution in [-0.4, -0.2) is 83.0 Å². The van der Waals surface area contributed by atoms with Gasteiger partial charge in [0.05, 0.1) is 11.1 Å². The van der Waals surface area contributed by atoms with Gasteiger partial charge in [0.15, 0.2) is 23.8 Å². The predicted octanol–water partition coefficient (Wildman–Crippen LogP) is 2.16. The second-order valence-electron chi connectivity index (χ2n) is 8.87. The van der Waals surface area contributed by atoms with E-state index in [-0.39, 0.29) is 5.57 Å². The minimum atomic E-state index is -1.85. The predicted molar refractivity (Wildman–Crippen MR) is 134 cm³/mol. The number of carbonyl (C=O) groups is 6. The van der Waals surface area contributed by atoms with Crippen LogP contribution < -0.4 is 0 Å². The second kappa shape index (κ2) is 12.3. The van der Waals surface area contributed by atoms with E-state index in [1.807, 2.05) is 0 Å². The number of allylic oxidation sites excluding steroid dienone is 2. The number of esters is 4. The largest absolute Gasteiger partial charge is 0.506 e. The second-order valence-corrected chi connectivity index (χ2v) is 9.63. The van der Waals surface area contributed by atoms with Gasteiger partial charge < -0.3 is 38.6 Å². The molecule has 1 heterocycles. The van der Waals surface area contributed by atoms with Crippen molar-refractivity contribution in [2.45, 2.75) is 65.3 Å². The number of ketones is 2. The van der Waals surface area contributed by atoms with Crippen LogP contribution in [0.1, 0.15) is 55.3 Å². The Kier molecular flexibility index (Phi) is 9.51. The summed E-state index contributed by atoms with van der Waals surface area (Å²) in [5, 5.41) is 19.7. The fraction of sp³-hybridized carbons (Fsp3) is 0.440. The van der Waals surface area contributed by atoms with Gasteiger partial charge in [-0.05, 0) is 6.92 Å². The quantitative estimate of drug-likeness (QED) is 0.256. The number of rotatable bonds is 7. The molecule has 1 aromatic rings. The third-order valence-electron chi connectivity index (χ3n) is 5.86. The molecule has 0 radical (unpaired) electrons. The minimum Gasteiger partial charge on any atom is -0.506 e. The summed E-state index contributed by atoms with van der Waals surface area (Å²) in [5.41, 5.74) is -1.75. The zero-order valence-corrected chi connectivity index (χ0v) is 23.7. The molecule has 0 saturated carbocycles. The number of phenols is 2. The first-order chi connectivity index (χ1) is 19.1. The summed E-state index contributed by atoms with van der Waals surface area (Å²) < 4.78 is 32.3. The van der Waals surface area contributed by atoms with Crippen molar-refractivity contribution >= 4 is 58.6 Å². The van der Waals surface area contributed by atoms with Gasteiger partial charge in [-0.2, -0.15) is 0 Å². The molecule has 2 N–H and O–H groups in total. The number of carbonyl (C=O) groups excluding carboxylic acids is 6. The SMILES string of the molecule is CC(=O)OC[C@@H]1O[C@H](OC2=C(C)C(=O)c3c(O)c(Cl)c(Cl)c(O)c3C2=O)[C@@H](OC(C)=O)[C@H](OC(C)=O)[C@H]1OC(C)=O. The van der Waals surface area contributed by atoms with Crippen LogP contribution in [0.2, 0.25) is 10.0 Å². The third-order valence-corrected chi connectivity index (χ3v) is 6.69. The lowest BCUT2D eigenvalue weighted by molar-refractivity contribution is -0.299. The van der Waals surface area contributed by atoms with E-state index in [1.54, 1.807) is 0 Å². The molecule has 41 heavy (non-hydrogen) atoms. The molecule has 0 bridgehead atoms. The molecule has 0 unspecified atom stereocenters. The van der Waals surface area contributed by atoms with Gasteiger partial charge in [0.25, 0.3) is 0 Å². The van der Waals surface area contributed by atoms with Crippen molar-refractivity contribution in [3.63, 3.8) is 0 Å². The average Bonchev–Trinajstić information content (AvgIpc) is 2.87. The van der Waals surface area contributed by atoms with Gasteiger partial charge in [-0.3, -0.25) is 28.8 Å². The molecule has 2 aliphatic rings. The summed E-state index contributed by atoms with van der Waals surface area (Å²) in [6.45, 7) is 4.71. The number of Topliss-reactive ketones (excluding diaryl/α,β-unsaturated/α-hetero) is 2. The fourth-order valence-corrected chi connectivity index (χ4v) is 4.59. The molecular weight excluding hydrogens is 595 g/mol. The Morgan fingerprint density at radius 2 is 1.22 bits per heavy atom. The summed E-state index contributed by atoms with van der Waals surface area (Å²) in [5.74, 6) is -8.08. The maximum absolute atomic E-state index is 13.5. The van der Waals surface area contributed by atoms with Crippen LogP contribution >= 0.6 is 23.2 Å². The Bertz CT molecular complexity index is 1370. The van der Waals surface area contributed by atoms with E-state index in [0.29, 0.717) is 0 Å². The van der Waals surface area contributed by atoms with Crippen LogP contribution in [0, 0.1) is 0 Å². The van der Waals surface area contributed by atoms with Crippen LogP contribution in [0.4, 0.5) is 0 Å². The van der Waals surface area contributed by atoms with Crippen molar-refractivity contribution in [1.29, 1.82) is 0 Å². The van der Waals surface area contributed by atoms with Gasteiger partial charge in [-0.25, -0.2) is 0 Å². The monoisotopic (exact) mass is 618 g/mol. The average molecular weight is 619 g/mol. The molecule has 16 heteroatoms. The highest BCUT2D eigenvalue weighted by atomic mass is 35.5. The maximum atomic E-state index is 13.5. The van der Waals surface area contributed by atoms with Gasteiger partial charge in [-0.15, -0.1) is 0 Å². The lowest BCUT2D eigenvalue weighted by atomic mass is 9.87. The van der Waals surface area contributed by atoms with Crippen LogP contribution in [0.5, 0.6) is 11.5 Å². The first-order valence-electron chi connectivity index (χ1n) is 11.8. The molecule has 1 saturated heterocycles. The van der Waals surface area contributed by atoms with Gasteiger partial charge in [0.2, 0.25) is 18.2 Å². The number of ether oxygens (including phenoxy) is 6. The molecule has 3 rings (SSSR count). The molecule has 5 atom stereocenters. The van der Waals surface area contributed by atoms with Crippen LogP contribution in [0.25, 0.3) is 0 Å². The Morgan fingerprint density at radius 3 is 1.71 bits per heavy atom. The van der Waals surface area contributed by atoms with E-state index in [1.165, 1.54) is 0 Å². The zero-order chi connectivity index (χ0) is 30.9.